The molecule has 0 atom stereocenters. The molecule has 3 aromatic rings. The van der Waals surface area contributed by atoms with E-state index < -0.39 is 17.6 Å². The molecule has 0 saturated carbocycles. The van der Waals surface area contributed by atoms with Crippen molar-refractivity contribution >= 4 is 23.1 Å². The molecule has 0 aliphatic heterocycles. The van der Waals surface area contributed by atoms with Crippen molar-refractivity contribution in [1.82, 2.24) is 24.0 Å². The smallest absolute Gasteiger partial charge is 0.414 e. The van der Waals surface area contributed by atoms with E-state index in [-0.39, 0.29) is 5.56 Å². The number of unbranched alkanes of at least 4 members (excludes halogenated alkanes) is 1. The van der Waals surface area contributed by atoms with E-state index in [1.54, 1.807) is 18.8 Å². The summed E-state index contributed by atoms with van der Waals surface area (Å²) in [5, 5.41) is 14.8. The fourth-order valence-corrected chi connectivity index (χ4v) is 3.99. The van der Waals surface area contributed by atoms with E-state index in [9.17, 15) is 9.59 Å². The topological polar surface area (TPSA) is 169 Å². The Morgan fingerprint density at radius 3 is 2.24 bits per heavy atom. The molecule has 3 rings (SSSR count). The summed E-state index contributed by atoms with van der Waals surface area (Å²) < 4.78 is 14.5. The average Bonchev–Trinajstić information content (AvgIpc) is 3.22. The molecule has 0 bridgehead atoms. The normalized spacial score (nSPS) is 10.8. The summed E-state index contributed by atoms with van der Waals surface area (Å²) in [6.45, 7) is 6.42. The quantitative estimate of drug-likeness (QED) is 0.309. The van der Waals surface area contributed by atoms with E-state index in [0.717, 1.165) is 30.7 Å². The van der Waals surface area contributed by atoms with E-state index in [2.05, 4.69) is 23.7 Å². The summed E-state index contributed by atoms with van der Waals surface area (Å²) in [4.78, 5) is 52.7. The lowest BCUT2D eigenvalue weighted by Gasteiger charge is -2.20. The summed E-state index contributed by atoms with van der Waals surface area (Å²) in [7, 11) is 5.24. The van der Waals surface area contributed by atoms with Crippen LogP contribution in [-0.4, -0.2) is 67.4 Å². The number of nitrogens with zero attached hydrogens (tertiary/aromatic N) is 4. The van der Waals surface area contributed by atoms with E-state index >= 15 is 0 Å². The third kappa shape index (κ3) is 7.22. The summed E-state index contributed by atoms with van der Waals surface area (Å²) in [5.74, 6) is -1.51. The number of aromatic amines is 1. The number of imidazole rings is 1. The SMILES string of the molecule is CCCCn1c(=O)[nH]c(=O)c2c1nc(CN(C)Cc1cccc(OC)c1OC)n2CCC.O=C(O)C(=O)O. The molecule has 1 aromatic carbocycles. The van der Waals surface area contributed by atoms with Crippen LogP contribution in [0, 0.1) is 0 Å². The van der Waals surface area contributed by atoms with Gasteiger partial charge >= 0.3 is 17.6 Å². The number of para-hydroxylation sites is 1. The molecular formula is C25H35N5O8. The number of carboxylic acids is 2. The first kappa shape index (κ1) is 30.1. The Morgan fingerprint density at radius 2 is 1.68 bits per heavy atom. The van der Waals surface area contributed by atoms with Crippen LogP contribution in [0.15, 0.2) is 27.8 Å². The first-order valence-corrected chi connectivity index (χ1v) is 12.2. The second-order valence-electron chi connectivity index (χ2n) is 8.55. The van der Waals surface area contributed by atoms with Gasteiger partial charge in [-0.2, -0.15) is 0 Å². The van der Waals surface area contributed by atoms with Crippen molar-refractivity contribution < 1.29 is 29.3 Å². The van der Waals surface area contributed by atoms with Crippen LogP contribution >= 0.6 is 0 Å². The van der Waals surface area contributed by atoms with E-state index in [1.807, 2.05) is 29.8 Å². The molecule has 0 fully saturated rings. The van der Waals surface area contributed by atoms with Crippen LogP contribution in [0.25, 0.3) is 11.2 Å². The van der Waals surface area contributed by atoms with Crippen molar-refractivity contribution in [2.75, 3.05) is 21.3 Å². The molecule has 13 nitrogen and oxygen atoms in total. The first-order chi connectivity index (χ1) is 18.1. The molecule has 0 aliphatic rings. The fourth-order valence-electron chi connectivity index (χ4n) is 3.99. The van der Waals surface area contributed by atoms with Gasteiger partial charge in [-0.15, -0.1) is 0 Å². The van der Waals surface area contributed by atoms with Gasteiger partial charge in [0.2, 0.25) is 0 Å². The average molecular weight is 534 g/mol. The van der Waals surface area contributed by atoms with Gasteiger partial charge in [0.05, 0.1) is 20.8 Å². The molecule has 13 heteroatoms. The molecule has 3 N–H and O–H groups in total. The van der Waals surface area contributed by atoms with Gasteiger partial charge in [-0.05, 0) is 26.0 Å². The van der Waals surface area contributed by atoms with Gasteiger partial charge in [0, 0.05) is 25.2 Å². The minimum absolute atomic E-state index is 0.387. The largest absolute Gasteiger partial charge is 0.493 e. The predicted octanol–water partition coefficient (Wildman–Crippen LogP) is 1.90. The number of aliphatic carboxylic acids is 2. The highest BCUT2D eigenvalue weighted by atomic mass is 16.5. The van der Waals surface area contributed by atoms with Crippen molar-refractivity contribution in [3.8, 4) is 11.5 Å². The van der Waals surface area contributed by atoms with E-state index in [1.165, 1.54) is 0 Å². The van der Waals surface area contributed by atoms with Crippen molar-refractivity contribution in [3.05, 3.63) is 50.4 Å². The van der Waals surface area contributed by atoms with Gasteiger partial charge in [0.1, 0.15) is 5.82 Å². The number of fused-ring (bicyclic) bond motifs is 1. The lowest BCUT2D eigenvalue weighted by atomic mass is 10.1. The third-order valence-corrected chi connectivity index (χ3v) is 5.67. The highest BCUT2D eigenvalue weighted by molar-refractivity contribution is 6.27. The molecule has 0 amide bonds. The molecular weight excluding hydrogens is 498 g/mol. The monoisotopic (exact) mass is 533 g/mol. The predicted molar refractivity (Wildman–Crippen MR) is 140 cm³/mol. The Kier molecular flexibility index (Phi) is 11.1. The second-order valence-corrected chi connectivity index (χ2v) is 8.55. The Hall–Kier alpha value is -4.13. The first-order valence-electron chi connectivity index (χ1n) is 12.2. The number of ether oxygens (including phenoxy) is 2. The van der Waals surface area contributed by atoms with Crippen LogP contribution in [0.1, 0.15) is 44.5 Å². The number of methoxy groups -OCH3 is 2. The van der Waals surface area contributed by atoms with Crippen LogP contribution in [0.5, 0.6) is 11.5 Å². The van der Waals surface area contributed by atoms with E-state index in [4.69, 9.17) is 34.3 Å². The molecule has 0 saturated heterocycles. The molecule has 2 heterocycles. The molecule has 2 aromatic heterocycles. The molecule has 0 spiro atoms. The second kappa shape index (κ2) is 14.0. The minimum atomic E-state index is -1.82. The number of carbonyl (C=O) groups is 2. The number of hydrogen-bond donors (Lipinski definition) is 3. The van der Waals surface area contributed by atoms with Crippen LogP contribution in [0.4, 0.5) is 0 Å². The van der Waals surface area contributed by atoms with Crippen molar-refractivity contribution in [2.24, 2.45) is 0 Å². The van der Waals surface area contributed by atoms with Crippen LogP contribution in [-0.2, 0) is 35.8 Å². The zero-order valence-electron chi connectivity index (χ0n) is 22.3. The maximum Gasteiger partial charge on any atom is 0.414 e. The van der Waals surface area contributed by atoms with Crippen molar-refractivity contribution in [1.29, 1.82) is 0 Å². The number of aryl methyl sites for hydroxylation is 2. The Bertz CT molecular complexity index is 1360. The van der Waals surface area contributed by atoms with E-state index in [0.29, 0.717) is 48.8 Å². The minimum Gasteiger partial charge on any atom is -0.493 e. The number of carboxylic acid groups (broad SMARTS) is 2. The van der Waals surface area contributed by atoms with Gasteiger partial charge in [-0.25, -0.2) is 19.4 Å². The van der Waals surface area contributed by atoms with Gasteiger partial charge < -0.3 is 24.3 Å². The number of rotatable bonds is 11. The van der Waals surface area contributed by atoms with Crippen LogP contribution < -0.4 is 20.7 Å². The number of aromatic nitrogens is 4. The zero-order valence-corrected chi connectivity index (χ0v) is 22.3. The van der Waals surface area contributed by atoms with Crippen molar-refractivity contribution in [2.45, 2.75) is 59.3 Å². The highest BCUT2D eigenvalue weighted by Gasteiger charge is 2.20. The Labute approximate surface area is 219 Å². The molecule has 0 radical (unpaired) electrons. The lowest BCUT2D eigenvalue weighted by Crippen LogP contribution is -2.31. The summed E-state index contributed by atoms with van der Waals surface area (Å²) >= 11 is 0. The lowest BCUT2D eigenvalue weighted by molar-refractivity contribution is -0.159. The van der Waals surface area contributed by atoms with Gasteiger partial charge in [0.15, 0.2) is 22.7 Å². The molecule has 208 valence electrons. The molecule has 0 unspecified atom stereocenters. The van der Waals surface area contributed by atoms with Gasteiger partial charge in [-0.1, -0.05) is 32.4 Å². The van der Waals surface area contributed by atoms with Crippen LogP contribution in [0.2, 0.25) is 0 Å². The molecule has 0 aliphatic carbocycles. The number of benzene rings is 1. The maximum atomic E-state index is 12.7. The van der Waals surface area contributed by atoms with Crippen molar-refractivity contribution in [3.63, 3.8) is 0 Å². The third-order valence-electron chi connectivity index (χ3n) is 5.67. The summed E-state index contributed by atoms with van der Waals surface area (Å²) in [6, 6.07) is 5.80. The fraction of sp³-hybridized carbons (Fsp3) is 0.480. The molecule has 38 heavy (non-hydrogen) atoms. The maximum absolute atomic E-state index is 12.7. The standard InChI is InChI=1S/C23H33N5O4.C2H2O4/c1-6-8-13-28-21-19(22(29)25-23(28)30)27(12-7-2)18(24-21)15-26(3)14-16-10-9-11-17(31-4)20(16)32-5;3-1(4)2(5)6/h9-11H,6-8,12-15H2,1-5H3,(H,25,29,30);(H,3,4)(H,5,6). The summed E-state index contributed by atoms with van der Waals surface area (Å²) in [5.41, 5.74) is 1.12. The van der Waals surface area contributed by atoms with Gasteiger partial charge in [0.25, 0.3) is 5.56 Å². The Balaban J connectivity index is 0.000000757. The number of hydrogen-bond acceptors (Lipinski definition) is 8. The van der Waals surface area contributed by atoms with Crippen LogP contribution in [0.3, 0.4) is 0 Å². The summed E-state index contributed by atoms with van der Waals surface area (Å²) in [6.07, 6.45) is 2.63. The zero-order chi connectivity index (χ0) is 28.4. The van der Waals surface area contributed by atoms with Gasteiger partial charge in [-0.3, -0.25) is 19.2 Å². The number of H-pyrrole nitrogens is 1. The highest BCUT2D eigenvalue weighted by Crippen LogP contribution is 2.31. The Morgan fingerprint density at radius 1 is 1.00 bits per heavy atom. The number of nitrogens with one attached hydrogen (secondary N) is 1.